The van der Waals surface area contributed by atoms with Crippen LogP contribution in [0.1, 0.15) is 20.4 Å². The van der Waals surface area contributed by atoms with Gasteiger partial charge in [-0.1, -0.05) is 11.6 Å². The van der Waals surface area contributed by atoms with Crippen LogP contribution in [-0.2, 0) is 26.2 Å². The molecule has 21 heavy (non-hydrogen) atoms. The number of ether oxygens (including phenoxy) is 4. The Bertz CT molecular complexity index is 618. The van der Waals surface area contributed by atoms with Crippen molar-refractivity contribution in [2.45, 2.75) is 18.4 Å². The van der Waals surface area contributed by atoms with Crippen molar-refractivity contribution < 1.29 is 21.7 Å². The molecule has 4 rings (SSSR count). The minimum absolute atomic E-state index is 0.270. The van der Waals surface area contributed by atoms with E-state index in [1.165, 1.54) is 0 Å². The Morgan fingerprint density at radius 1 is 1.43 bits per heavy atom. The summed E-state index contributed by atoms with van der Waals surface area (Å²) in [6, 6.07) is 1.59. The number of fused-ring (bicyclic) bond motifs is 2. The highest BCUT2D eigenvalue weighted by Gasteiger charge is 2.44. The standard InChI is InChI=1S/C15H18ClNO4/c16-13-5-12(20-8-10-6-19-7-10)11-1-3-21-15(14(11)17-13)2-4-18-9-15/h5,10H,1-4,6-9H2/i8D2. The number of hydrogen-bond acceptors (Lipinski definition) is 5. The number of halogens is 1. The number of hydrogen-bond donors (Lipinski definition) is 0. The fourth-order valence-electron chi connectivity index (χ4n) is 2.94. The van der Waals surface area contributed by atoms with Crippen LogP contribution in [0.4, 0.5) is 0 Å². The number of nitrogens with zero attached hydrogens (tertiary/aromatic N) is 1. The van der Waals surface area contributed by atoms with Crippen LogP contribution in [0.15, 0.2) is 6.07 Å². The fourth-order valence-corrected chi connectivity index (χ4v) is 3.13. The van der Waals surface area contributed by atoms with Gasteiger partial charge in [0.15, 0.2) is 0 Å². The first kappa shape index (κ1) is 11.7. The molecule has 1 aromatic heterocycles. The van der Waals surface area contributed by atoms with Crippen LogP contribution >= 0.6 is 11.6 Å². The molecule has 0 bridgehead atoms. The van der Waals surface area contributed by atoms with E-state index in [9.17, 15) is 0 Å². The maximum atomic E-state index is 8.15. The summed E-state index contributed by atoms with van der Waals surface area (Å²) in [5, 5.41) is 0.274. The largest absolute Gasteiger partial charge is 0.493 e. The van der Waals surface area contributed by atoms with Gasteiger partial charge in [-0.05, 0) is 0 Å². The SMILES string of the molecule is [2H]C([2H])(Oc1cc(Cl)nc2c1CCOC21CCOC1)C1COC1. The van der Waals surface area contributed by atoms with E-state index in [2.05, 4.69) is 4.98 Å². The smallest absolute Gasteiger partial charge is 0.136 e. The van der Waals surface area contributed by atoms with Crippen molar-refractivity contribution in [1.82, 2.24) is 4.98 Å². The Morgan fingerprint density at radius 2 is 2.33 bits per heavy atom. The molecule has 1 spiro atoms. The Kier molecular flexibility index (Phi) is 2.99. The lowest BCUT2D eigenvalue weighted by Crippen LogP contribution is -2.38. The highest BCUT2D eigenvalue weighted by atomic mass is 35.5. The molecular formula is C15H18ClNO4. The van der Waals surface area contributed by atoms with Crippen molar-refractivity contribution >= 4 is 11.6 Å². The van der Waals surface area contributed by atoms with Gasteiger partial charge < -0.3 is 18.9 Å². The molecule has 1 aromatic rings. The summed E-state index contributed by atoms with van der Waals surface area (Å²) in [5.41, 5.74) is 1.02. The van der Waals surface area contributed by atoms with Crippen LogP contribution < -0.4 is 4.74 Å². The summed E-state index contributed by atoms with van der Waals surface area (Å²) in [4.78, 5) is 4.45. The van der Waals surface area contributed by atoms with Crippen LogP contribution in [0.3, 0.4) is 0 Å². The van der Waals surface area contributed by atoms with Gasteiger partial charge >= 0.3 is 0 Å². The molecule has 1 atom stereocenters. The fraction of sp³-hybridized carbons (Fsp3) is 0.667. The zero-order valence-electron chi connectivity index (χ0n) is 13.6. The quantitative estimate of drug-likeness (QED) is 0.798. The van der Waals surface area contributed by atoms with E-state index in [-0.39, 0.29) is 11.1 Å². The monoisotopic (exact) mass is 313 g/mol. The van der Waals surface area contributed by atoms with E-state index in [1.54, 1.807) is 6.07 Å². The van der Waals surface area contributed by atoms with E-state index in [4.69, 9.17) is 33.3 Å². The summed E-state index contributed by atoms with van der Waals surface area (Å²) < 4.78 is 38.6. The van der Waals surface area contributed by atoms with Crippen molar-refractivity contribution in [3.8, 4) is 5.75 Å². The lowest BCUT2D eigenvalue weighted by Gasteiger charge is -2.34. The van der Waals surface area contributed by atoms with Crippen molar-refractivity contribution in [3.05, 3.63) is 22.5 Å². The van der Waals surface area contributed by atoms with Crippen molar-refractivity contribution in [2.75, 3.05) is 39.6 Å². The molecule has 0 amide bonds. The molecule has 114 valence electrons. The zero-order valence-corrected chi connectivity index (χ0v) is 12.3. The van der Waals surface area contributed by atoms with Crippen molar-refractivity contribution in [1.29, 1.82) is 0 Å². The Morgan fingerprint density at radius 3 is 3.05 bits per heavy atom. The van der Waals surface area contributed by atoms with Gasteiger partial charge in [-0.2, -0.15) is 0 Å². The second kappa shape index (κ2) is 5.39. The van der Waals surface area contributed by atoms with Crippen LogP contribution in [0.25, 0.3) is 0 Å². The summed E-state index contributed by atoms with van der Waals surface area (Å²) in [6.07, 6.45) is 1.34. The van der Waals surface area contributed by atoms with E-state index in [1.807, 2.05) is 0 Å². The van der Waals surface area contributed by atoms with E-state index >= 15 is 0 Å². The van der Waals surface area contributed by atoms with Gasteiger partial charge in [0.2, 0.25) is 0 Å². The average Bonchev–Trinajstić information content (AvgIpc) is 2.86. The van der Waals surface area contributed by atoms with Gasteiger partial charge in [0.05, 0.1) is 41.4 Å². The number of aromatic nitrogens is 1. The summed E-state index contributed by atoms with van der Waals surface area (Å²) in [6.45, 7) is 0.532. The molecule has 2 fully saturated rings. The normalized spacial score (nSPS) is 30.5. The first-order valence-corrected chi connectivity index (χ1v) is 7.56. The highest BCUT2D eigenvalue weighted by molar-refractivity contribution is 6.29. The molecule has 0 aromatic carbocycles. The molecule has 0 N–H and O–H groups in total. The Balaban J connectivity index is 1.72. The predicted octanol–water partition coefficient (Wildman–Crippen LogP) is 1.95. The molecule has 4 heterocycles. The molecule has 0 saturated carbocycles. The maximum absolute atomic E-state index is 8.15. The van der Waals surface area contributed by atoms with E-state index < -0.39 is 12.2 Å². The van der Waals surface area contributed by atoms with Gasteiger partial charge in [0, 0.05) is 37.0 Å². The van der Waals surface area contributed by atoms with Gasteiger partial charge in [-0.15, -0.1) is 0 Å². The third kappa shape index (κ3) is 2.42. The van der Waals surface area contributed by atoms with Gasteiger partial charge in [-0.25, -0.2) is 4.98 Å². The highest BCUT2D eigenvalue weighted by Crippen LogP contribution is 2.42. The maximum Gasteiger partial charge on any atom is 0.136 e. The van der Waals surface area contributed by atoms with Crippen LogP contribution in [0, 0.1) is 5.92 Å². The Hall–Kier alpha value is -0.880. The topological polar surface area (TPSA) is 49.8 Å². The molecule has 2 saturated heterocycles. The molecular weight excluding hydrogens is 294 g/mol. The molecule has 3 aliphatic heterocycles. The van der Waals surface area contributed by atoms with Crippen LogP contribution in [0.2, 0.25) is 5.15 Å². The van der Waals surface area contributed by atoms with Crippen molar-refractivity contribution in [2.24, 2.45) is 5.92 Å². The summed E-state index contributed by atoms with van der Waals surface area (Å²) >= 11 is 6.17. The third-order valence-corrected chi connectivity index (χ3v) is 4.37. The van der Waals surface area contributed by atoms with Gasteiger partial charge in [0.25, 0.3) is 0 Å². The van der Waals surface area contributed by atoms with Crippen LogP contribution in [-0.4, -0.2) is 44.6 Å². The second-order valence-corrected chi connectivity index (χ2v) is 6.01. The molecule has 0 aliphatic carbocycles. The summed E-state index contributed by atoms with van der Waals surface area (Å²) in [7, 11) is 0. The number of rotatable bonds is 3. The Labute approximate surface area is 131 Å². The first-order valence-electron chi connectivity index (χ1n) is 8.19. The van der Waals surface area contributed by atoms with Crippen LogP contribution in [0.5, 0.6) is 5.75 Å². The molecule has 3 aliphatic rings. The average molecular weight is 314 g/mol. The van der Waals surface area contributed by atoms with Gasteiger partial charge in [0.1, 0.15) is 16.5 Å². The van der Waals surface area contributed by atoms with E-state index in [0.29, 0.717) is 45.2 Å². The first-order chi connectivity index (χ1) is 11.0. The number of pyridine rings is 1. The van der Waals surface area contributed by atoms with E-state index in [0.717, 1.165) is 17.7 Å². The molecule has 1 unspecified atom stereocenters. The molecule has 0 radical (unpaired) electrons. The van der Waals surface area contributed by atoms with Crippen molar-refractivity contribution in [3.63, 3.8) is 0 Å². The minimum atomic E-state index is -1.80. The minimum Gasteiger partial charge on any atom is -0.493 e. The predicted molar refractivity (Wildman–Crippen MR) is 75.8 cm³/mol. The molecule has 6 heteroatoms. The lowest BCUT2D eigenvalue weighted by molar-refractivity contribution is -0.0681. The zero-order chi connectivity index (χ0) is 16.1. The summed E-state index contributed by atoms with van der Waals surface area (Å²) in [5.74, 6) is 0.181. The third-order valence-electron chi connectivity index (χ3n) is 4.17. The lowest BCUT2D eigenvalue weighted by atomic mass is 9.90. The van der Waals surface area contributed by atoms with Gasteiger partial charge in [-0.3, -0.25) is 0 Å². The molecule has 5 nitrogen and oxygen atoms in total. The second-order valence-electron chi connectivity index (χ2n) is 5.62.